The second-order valence-corrected chi connectivity index (χ2v) is 10.5. The number of thioether (sulfide) groups is 1. The number of oxazole rings is 1. The van der Waals surface area contributed by atoms with Crippen molar-refractivity contribution in [2.75, 3.05) is 25.4 Å². The van der Waals surface area contributed by atoms with E-state index in [-0.39, 0.29) is 23.2 Å². The SMILES string of the molecule is Cc1ncoc1-c1nnc(SCCCN2CC3(C)CC3(c3ccc(C(F)(F)F)cc3)C2)n1C.Cl. The number of fused-ring (bicyclic) bond motifs is 1. The molecule has 5 rings (SSSR count). The van der Waals surface area contributed by atoms with Crippen LogP contribution in [0.25, 0.3) is 11.6 Å². The van der Waals surface area contributed by atoms with E-state index in [0.717, 1.165) is 54.6 Å². The molecule has 0 radical (unpaired) electrons. The molecule has 3 heterocycles. The van der Waals surface area contributed by atoms with Crippen molar-refractivity contribution >= 4 is 24.2 Å². The fourth-order valence-corrected chi connectivity index (χ4v) is 6.13. The Balaban J connectivity index is 0.00000274. The summed E-state index contributed by atoms with van der Waals surface area (Å²) in [5.74, 6) is 2.20. The van der Waals surface area contributed by atoms with Gasteiger partial charge in [0.1, 0.15) is 0 Å². The lowest BCUT2D eigenvalue weighted by molar-refractivity contribution is -0.137. The summed E-state index contributed by atoms with van der Waals surface area (Å²) in [5.41, 5.74) is 1.36. The van der Waals surface area contributed by atoms with Gasteiger partial charge in [0, 0.05) is 31.3 Å². The smallest absolute Gasteiger partial charge is 0.416 e. The van der Waals surface area contributed by atoms with Crippen molar-refractivity contribution in [3.8, 4) is 11.6 Å². The zero-order valence-electron chi connectivity index (χ0n) is 19.2. The maximum absolute atomic E-state index is 12.9. The summed E-state index contributed by atoms with van der Waals surface area (Å²) in [6.07, 6.45) is -0.850. The van der Waals surface area contributed by atoms with Gasteiger partial charge in [-0.25, -0.2) is 4.98 Å². The minimum atomic E-state index is -4.29. The number of aromatic nitrogens is 4. The van der Waals surface area contributed by atoms with Crippen molar-refractivity contribution in [2.24, 2.45) is 12.5 Å². The van der Waals surface area contributed by atoms with Crippen LogP contribution in [0.15, 0.2) is 40.2 Å². The molecule has 1 aromatic carbocycles. The Morgan fingerprint density at radius 1 is 1.15 bits per heavy atom. The molecule has 1 saturated heterocycles. The second-order valence-electron chi connectivity index (χ2n) is 9.44. The lowest BCUT2D eigenvalue weighted by Crippen LogP contribution is -2.28. The summed E-state index contributed by atoms with van der Waals surface area (Å²) < 4.78 is 46.1. The van der Waals surface area contributed by atoms with Gasteiger partial charge in [0.2, 0.25) is 5.82 Å². The van der Waals surface area contributed by atoms with Gasteiger partial charge in [-0.3, -0.25) is 0 Å². The van der Waals surface area contributed by atoms with E-state index in [1.807, 2.05) is 18.5 Å². The first-order chi connectivity index (χ1) is 15.6. The average Bonchev–Trinajstić information content (AvgIpc) is 3.11. The molecule has 11 heteroatoms. The first-order valence-corrected chi connectivity index (χ1v) is 11.9. The molecule has 2 unspecified atom stereocenters. The number of likely N-dealkylation sites (tertiary alicyclic amines) is 1. The van der Waals surface area contributed by atoms with E-state index in [9.17, 15) is 13.2 Å². The van der Waals surface area contributed by atoms with E-state index in [4.69, 9.17) is 4.42 Å². The van der Waals surface area contributed by atoms with Gasteiger partial charge < -0.3 is 13.9 Å². The Morgan fingerprint density at radius 2 is 1.88 bits per heavy atom. The van der Waals surface area contributed by atoms with Gasteiger partial charge in [-0.2, -0.15) is 13.2 Å². The third kappa shape index (κ3) is 4.24. The standard InChI is InChI=1S/C23H26F3N5OS.ClH/c1-15-18(32-14-27-15)19-28-29-20(30(19)3)33-10-4-9-31-12-21(2)11-22(21,13-31)16-5-7-17(8-6-16)23(24,25)26;/h5-8,14H,4,9-13H2,1-3H3;1H. The minimum Gasteiger partial charge on any atom is -0.440 e. The minimum absolute atomic E-state index is 0. The molecule has 6 nitrogen and oxygen atoms in total. The number of piperidine rings is 1. The Kier molecular flexibility index (Phi) is 6.54. The van der Waals surface area contributed by atoms with E-state index in [1.54, 1.807) is 23.9 Å². The molecule has 1 aliphatic carbocycles. The highest BCUT2D eigenvalue weighted by Crippen LogP contribution is 2.68. The predicted molar refractivity (Wildman–Crippen MR) is 126 cm³/mol. The number of rotatable bonds is 7. The van der Waals surface area contributed by atoms with Gasteiger partial charge in [-0.1, -0.05) is 30.8 Å². The zero-order valence-corrected chi connectivity index (χ0v) is 20.9. The molecule has 34 heavy (non-hydrogen) atoms. The molecule has 2 fully saturated rings. The summed E-state index contributed by atoms with van der Waals surface area (Å²) in [6, 6.07) is 5.79. The Morgan fingerprint density at radius 3 is 2.53 bits per heavy atom. The number of aryl methyl sites for hydroxylation is 1. The van der Waals surface area contributed by atoms with Crippen molar-refractivity contribution in [3.05, 3.63) is 47.5 Å². The number of alkyl halides is 3. The van der Waals surface area contributed by atoms with Crippen LogP contribution in [0.2, 0.25) is 0 Å². The van der Waals surface area contributed by atoms with E-state index >= 15 is 0 Å². The van der Waals surface area contributed by atoms with E-state index < -0.39 is 11.7 Å². The molecule has 3 aromatic rings. The first-order valence-electron chi connectivity index (χ1n) is 11.0. The van der Waals surface area contributed by atoms with Gasteiger partial charge in [0.25, 0.3) is 0 Å². The average molecular weight is 514 g/mol. The molecule has 0 N–H and O–H groups in total. The van der Waals surface area contributed by atoms with E-state index in [0.29, 0.717) is 11.6 Å². The largest absolute Gasteiger partial charge is 0.440 e. The summed E-state index contributed by atoms with van der Waals surface area (Å²) in [5, 5.41) is 9.36. The quantitative estimate of drug-likeness (QED) is 0.313. The van der Waals surface area contributed by atoms with Gasteiger partial charge in [-0.05, 0) is 49.4 Å². The van der Waals surface area contributed by atoms with Crippen LogP contribution in [0.1, 0.15) is 36.6 Å². The van der Waals surface area contributed by atoms with Crippen LogP contribution in [-0.4, -0.2) is 50.0 Å². The monoisotopic (exact) mass is 513 g/mol. The normalized spacial score (nSPS) is 24.2. The zero-order chi connectivity index (χ0) is 23.4. The van der Waals surface area contributed by atoms with Crippen LogP contribution in [0.5, 0.6) is 0 Å². The second kappa shape index (κ2) is 8.87. The summed E-state index contributed by atoms with van der Waals surface area (Å²) in [6.45, 7) is 6.97. The highest BCUT2D eigenvalue weighted by Gasteiger charge is 2.69. The van der Waals surface area contributed by atoms with Crippen molar-refractivity contribution in [2.45, 2.75) is 43.4 Å². The number of halogens is 4. The Hall–Kier alpha value is -2.04. The van der Waals surface area contributed by atoms with Crippen LogP contribution < -0.4 is 0 Å². The highest BCUT2D eigenvalue weighted by molar-refractivity contribution is 7.99. The van der Waals surface area contributed by atoms with Crippen LogP contribution in [0, 0.1) is 12.3 Å². The van der Waals surface area contributed by atoms with Crippen LogP contribution in [0.3, 0.4) is 0 Å². The van der Waals surface area contributed by atoms with Gasteiger partial charge >= 0.3 is 6.18 Å². The molecule has 2 atom stereocenters. The van der Waals surface area contributed by atoms with Crippen molar-refractivity contribution in [1.29, 1.82) is 0 Å². The van der Waals surface area contributed by atoms with E-state index in [1.165, 1.54) is 18.5 Å². The first kappa shape index (κ1) is 25.1. The number of hydrogen-bond donors (Lipinski definition) is 0. The summed E-state index contributed by atoms with van der Waals surface area (Å²) >= 11 is 1.66. The molecule has 1 aliphatic heterocycles. The third-order valence-corrected chi connectivity index (χ3v) is 8.29. The molecular formula is C23H27ClF3N5OS. The van der Waals surface area contributed by atoms with Crippen LogP contribution in [-0.2, 0) is 18.6 Å². The van der Waals surface area contributed by atoms with Crippen molar-refractivity contribution < 1.29 is 17.6 Å². The maximum atomic E-state index is 12.9. The topological polar surface area (TPSA) is 60.0 Å². The van der Waals surface area contributed by atoms with Gasteiger partial charge in [-0.15, -0.1) is 22.6 Å². The Bertz CT molecular complexity index is 1160. The summed E-state index contributed by atoms with van der Waals surface area (Å²) in [7, 11) is 1.92. The van der Waals surface area contributed by atoms with Crippen LogP contribution >= 0.6 is 24.2 Å². The van der Waals surface area contributed by atoms with Crippen molar-refractivity contribution in [3.63, 3.8) is 0 Å². The molecular weight excluding hydrogens is 487 g/mol. The fourth-order valence-electron chi connectivity index (χ4n) is 5.29. The lowest BCUT2D eigenvalue weighted by atomic mass is 9.89. The highest BCUT2D eigenvalue weighted by atomic mass is 35.5. The molecule has 2 aliphatic rings. The molecule has 0 spiro atoms. The van der Waals surface area contributed by atoms with Crippen molar-refractivity contribution in [1.82, 2.24) is 24.6 Å². The molecule has 184 valence electrons. The number of nitrogens with zero attached hydrogens (tertiary/aromatic N) is 5. The fraction of sp³-hybridized carbons (Fsp3) is 0.522. The lowest BCUT2D eigenvalue weighted by Gasteiger charge is -2.21. The van der Waals surface area contributed by atoms with Crippen LogP contribution in [0.4, 0.5) is 13.2 Å². The van der Waals surface area contributed by atoms with E-state index in [2.05, 4.69) is 27.0 Å². The molecule has 0 amide bonds. The van der Waals surface area contributed by atoms with Gasteiger partial charge in [0.05, 0.1) is 11.3 Å². The predicted octanol–water partition coefficient (Wildman–Crippen LogP) is 5.36. The maximum Gasteiger partial charge on any atom is 0.416 e. The molecule has 2 aromatic heterocycles. The summed E-state index contributed by atoms with van der Waals surface area (Å²) in [4.78, 5) is 6.56. The number of hydrogen-bond acceptors (Lipinski definition) is 6. The molecule has 0 bridgehead atoms. The molecule has 1 saturated carbocycles. The Labute approximate surface area is 206 Å². The number of benzene rings is 1. The third-order valence-electron chi connectivity index (χ3n) is 7.19. The van der Waals surface area contributed by atoms with Gasteiger partial charge in [0.15, 0.2) is 17.3 Å².